The Kier molecular flexibility index (Phi) is 7.46. The van der Waals surface area contributed by atoms with Crippen molar-refractivity contribution in [2.75, 3.05) is 20.2 Å². The number of guanidine groups is 1. The smallest absolute Gasteiger partial charge is 0.191 e. The summed E-state index contributed by atoms with van der Waals surface area (Å²) in [5.41, 5.74) is 1.22. The number of fused-ring (bicyclic) bond motifs is 1. The van der Waals surface area contributed by atoms with Crippen LogP contribution in [0.1, 0.15) is 37.5 Å². The van der Waals surface area contributed by atoms with Crippen LogP contribution in [0, 0.1) is 6.92 Å². The number of ether oxygens (including phenoxy) is 2. The molecule has 0 fully saturated rings. The second kappa shape index (κ2) is 10.2. The maximum absolute atomic E-state index is 5.96. The minimum atomic E-state index is -0.0157. The van der Waals surface area contributed by atoms with Crippen molar-refractivity contribution in [1.82, 2.24) is 25.4 Å². The first kappa shape index (κ1) is 21.1. The highest BCUT2D eigenvalue weighted by atomic mass is 16.5. The van der Waals surface area contributed by atoms with Gasteiger partial charge in [0, 0.05) is 26.1 Å². The van der Waals surface area contributed by atoms with Crippen molar-refractivity contribution in [1.29, 1.82) is 0 Å². The Hall–Kier alpha value is -2.61. The molecule has 158 valence electrons. The molecule has 0 bridgehead atoms. The van der Waals surface area contributed by atoms with E-state index < -0.39 is 0 Å². The number of methoxy groups -OCH3 is 1. The molecule has 2 unspecified atom stereocenters. The zero-order valence-electron chi connectivity index (χ0n) is 17.8. The van der Waals surface area contributed by atoms with Gasteiger partial charge in [0.25, 0.3) is 0 Å². The highest BCUT2D eigenvalue weighted by molar-refractivity contribution is 5.80. The van der Waals surface area contributed by atoms with Gasteiger partial charge >= 0.3 is 0 Å². The van der Waals surface area contributed by atoms with Crippen molar-refractivity contribution >= 4 is 5.96 Å². The van der Waals surface area contributed by atoms with E-state index in [2.05, 4.69) is 46.7 Å². The molecular formula is C21H32N6O2. The fraction of sp³-hybridized carbons (Fsp3) is 0.571. The fourth-order valence-corrected chi connectivity index (χ4v) is 3.29. The van der Waals surface area contributed by atoms with E-state index in [-0.39, 0.29) is 12.1 Å². The van der Waals surface area contributed by atoms with Crippen molar-refractivity contribution in [3.63, 3.8) is 0 Å². The average Bonchev–Trinajstić information content (AvgIpc) is 3.10. The lowest BCUT2D eigenvalue weighted by Crippen LogP contribution is -2.47. The molecule has 2 atom stereocenters. The number of aryl methyl sites for hydroxylation is 2. The molecule has 0 spiro atoms. The third kappa shape index (κ3) is 6.19. The summed E-state index contributed by atoms with van der Waals surface area (Å²) in [4.78, 5) is 9.25. The Morgan fingerprint density at radius 1 is 1.34 bits per heavy atom. The van der Waals surface area contributed by atoms with E-state index in [1.54, 1.807) is 7.11 Å². The fourth-order valence-electron chi connectivity index (χ4n) is 3.29. The number of aromatic nitrogens is 3. The van der Waals surface area contributed by atoms with Gasteiger partial charge in [-0.1, -0.05) is 17.7 Å². The number of nitrogens with zero attached hydrogens (tertiary/aromatic N) is 4. The lowest BCUT2D eigenvalue weighted by atomic mass is 10.1. The van der Waals surface area contributed by atoms with Gasteiger partial charge in [0.2, 0.25) is 0 Å². The van der Waals surface area contributed by atoms with Crippen LogP contribution in [-0.4, -0.2) is 53.1 Å². The summed E-state index contributed by atoms with van der Waals surface area (Å²) in [5, 5.41) is 11.4. The Labute approximate surface area is 172 Å². The molecule has 0 aliphatic carbocycles. The first-order valence-corrected chi connectivity index (χ1v) is 10.3. The molecule has 8 heteroatoms. The van der Waals surface area contributed by atoms with Crippen LogP contribution in [-0.2, 0) is 24.3 Å². The number of aliphatic imine (C=N–C) groups is 1. The lowest BCUT2D eigenvalue weighted by molar-refractivity contribution is 0.177. The highest BCUT2D eigenvalue weighted by Gasteiger charge is 2.22. The minimum Gasteiger partial charge on any atom is -0.489 e. The molecule has 0 saturated heterocycles. The van der Waals surface area contributed by atoms with E-state index in [1.165, 1.54) is 5.56 Å². The normalized spacial score (nSPS) is 17.5. The molecule has 0 radical (unpaired) electrons. The highest BCUT2D eigenvalue weighted by Crippen LogP contribution is 2.14. The second-order valence-electron chi connectivity index (χ2n) is 7.40. The molecule has 1 aromatic heterocycles. The predicted octanol–water partition coefficient (Wildman–Crippen LogP) is 2.07. The third-order valence-electron chi connectivity index (χ3n) is 4.73. The van der Waals surface area contributed by atoms with E-state index >= 15 is 0 Å². The van der Waals surface area contributed by atoms with E-state index in [9.17, 15) is 0 Å². The largest absolute Gasteiger partial charge is 0.489 e. The van der Waals surface area contributed by atoms with Crippen LogP contribution in [0.3, 0.4) is 0 Å². The molecule has 2 aromatic rings. The van der Waals surface area contributed by atoms with Gasteiger partial charge < -0.3 is 20.1 Å². The second-order valence-corrected chi connectivity index (χ2v) is 7.40. The molecule has 1 aromatic carbocycles. The van der Waals surface area contributed by atoms with E-state index in [1.807, 2.05) is 23.7 Å². The van der Waals surface area contributed by atoms with Crippen LogP contribution in [0.15, 0.2) is 29.3 Å². The number of benzene rings is 1. The van der Waals surface area contributed by atoms with Gasteiger partial charge in [0.15, 0.2) is 11.8 Å². The van der Waals surface area contributed by atoms with Gasteiger partial charge in [-0.2, -0.15) is 5.10 Å². The summed E-state index contributed by atoms with van der Waals surface area (Å²) in [5.74, 6) is 3.44. The average molecular weight is 401 g/mol. The number of rotatable bonds is 8. The molecule has 3 rings (SSSR count). The molecule has 2 N–H and O–H groups in total. The van der Waals surface area contributed by atoms with Gasteiger partial charge in [0.1, 0.15) is 24.3 Å². The quantitative estimate of drug-likeness (QED) is 0.521. The minimum absolute atomic E-state index is 0.0157. The zero-order chi connectivity index (χ0) is 20.6. The summed E-state index contributed by atoms with van der Waals surface area (Å²) in [6.07, 6.45) is 1.86. The molecule has 8 nitrogen and oxygen atoms in total. The molecule has 2 heterocycles. The first-order valence-electron chi connectivity index (χ1n) is 10.3. The van der Waals surface area contributed by atoms with Crippen molar-refractivity contribution in [3.05, 3.63) is 41.5 Å². The Balaban J connectivity index is 1.55. The standard InChI is InChI=1S/C21H32N6O2/c1-5-22-21(23-12-16(3)29-18-9-6-15(2)7-10-18)24-17-8-11-20-25-19(14-28-4)26-27(20)13-17/h6-7,9-10,16-17H,5,8,11-14H2,1-4H3,(H2,22,23,24). The summed E-state index contributed by atoms with van der Waals surface area (Å²) in [7, 11) is 1.66. The summed E-state index contributed by atoms with van der Waals surface area (Å²) < 4.78 is 13.1. The molecular weight excluding hydrogens is 368 g/mol. The van der Waals surface area contributed by atoms with Crippen molar-refractivity contribution in [2.24, 2.45) is 4.99 Å². The van der Waals surface area contributed by atoms with Gasteiger partial charge in [-0.3, -0.25) is 0 Å². The predicted molar refractivity (Wildman–Crippen MR) is 113 cm³/mol. The van der Waals surface area contributed by atoms with Gasteiger partial charge in [-0.15, -0.1) is 0 Å². The summed E-state index contributed by atoms with van der Waals surface area (Å²) >= 11 is 0. The SMILES string of the molecule is CCNC(=NCC(C)Oc1ccc(C)cc1)NC1CCc2nc(COC)nn2C1. The van der Waals surface area contributed by atoms with Crippen molar-refractivity contribution < 1.29 is 9.47 Å². The molecule has 29 heavy (non-hydrogen) atoms. The van der Waals surface area contributed by atoms with Gasteiger partial charge in [0.05, 0.1) is 13.1 Å². The van der Waals surface area contributed by atoms with E-state index in [0.717, 1.165) is 49.3 Å². The lowest BCUT2D eigenvalue weighted by Gasteiger charge is -2.25. The van der Waals surface area contributed by atoms with Gasteiger partial charge in [-0.05, 0) is 39.3 Å². The number of nitrogens with one attached hydrogen (secondary N) is 2. The maximum Gasteiger partial charge on any atom is 0.191 e. The van der Waals surface area contributed by atoms with Crippen LogP contribution in [0.4, 0.5) is 0 Å². The third-order valence-corrected chi connectivity index (χ3v) is 4.73. The molecule has 0 saturated carbocycles. The van der Waals surface area contributed by atoms with Crippen LogP contribution in [0.2, 0.25) is 0 Å². The van der Waals surface area contributed by atoms with E-state index in [4.69, 9.17) is 14.5 Å². The molecule has 0 amide bonds. The van der Waals surface area contributed by atoms with Crippen LogP contribution >= 0.6 is 0 Å². The summed E-state index contributed by atoms with van der Waals surface area (Å²) in [6, 6.07) is 8.35. The Bertz CT molecular complexity index is 802. The zero-order valence-corrected chi connectivity index (χ0v) is 17.8. The number of hydrogen-bond acceptors (Lipinski definition) is 5. The molecule has 1 aliphatic heterocycles. The van der Waals surface area contributed by atoms with Gasteiger partial charge in [-0.25, -0.2) is 14.7 Å². The van der Waals surface area contributed by atoms with Crippen LogP contribution < -0.4 is 15.4 Å². The molecule has 1 aliphatic rings. The van der Waals surface area contributed by atoms with Crippen LogP contribution in [0.25, 0.3) is 0 Å². The first-order chi connectivity index (χ1) is 14.1. The van der Waals surface area contributed by atoms with Crippen molar-refractivity contribution in [2.45, 2.75) is 58.9 Å². The topological polar surface area (TPSA) is 85.6 Å². The van der Waals surface area contributed by atoms with E-state index in [0.29, 0.717) is 13.2 Å². The Morgan fingerprint density at radius 2 is 2.14 bits per heavy atom. The Morgan fingerprint density at radius 3 is 2.86 bits per heavy atom. The monoisotopic (exact) mass is 400 g/mol. The maximum atomic E-state index is 5.96. The van der Waals surface area contributed by atoms with Crippen LogP contribution in [0.5, 0.6) is 5.75 Å². The summed E-state index contributed by atoms with van der Waals surface area (Å²) in [6.45, 7) is 8.76. The number of hydrogen-bond donors (Lipinski definition) is 2. The van der Waals surface area contributed by atoms with Crippen molar-refractivity contribution in [3.8, 4) is 5.75 Å².